The minimum Gasteiger partial charge on any atom is -0.285 e. The standard InChI is InChI=1S/C10H17N3O4/c1-6(9(16)12(5)7(2)14)10(17)13(11-4)8(3)15/h6,11H,1-5H3. The molecule has 0 fully saturated rings. The van der Waals surface area contributed by atoms with E-state index in [9.17, 15) is 19.2 Å². The van der Waals surface area contributed by atoms with E-state index >= 15 is 0 Å². The highest BCUT2D eigenvalue weighted by molar-refractivity contribution is 6.08. The van der Waals surface area contributed by atoms with Gasteiger partial charge in [-0.15, -0.1) is 0 Å². The topological polar surface area (TPSA) is 86.8 Å². The molecule has 0 radical (unpaired) electrons. The Morgan fingerprint density at radius 2 is 1.47 bits per heavy atom. The van der Waals surface area contributed by atoms with Crippen LogP contribution in [0.15, 0.2) is 0 Å². The molecule has 0 aromatic heterocycles. The van der Waals surface area contributed by atoms with Gasteiger partial charge >= 0.3 is 0 Å². The van der Waals surface area contributed by atoms with Crippen molar-refractivity contribution >= 4 is 23.6 Å². The highest BCUT2D eigenvalue weighted by Gasteiger charge is 2.31. The summed E-state index contributed by atoms with van der Waals surface area (Å²) >= 11 is 0. The molecule has 0 aliphatic heterocycles. The fourth-order valence-electron chi connectivity index (χ4n) is 1.17. The SMILES string of the molecule is CNN(C(C)=O)C(=O)C(C)C(=O)N(C)C(C)=O. The Morgan fingerprint density at radius 3 is 1.76 bits per heavy atom. The lowest BCUT2D eigenvalue weighted by Crippen LogP contribution is -2.50. The van der Waals surface area contributed by atoms with Crippen LogP contribution in [0.5, 0.6) is 0 Å². The highest BCUT2D eigenvalue weighted by Crippen LogP contribution is 2.05. The molecule has 0 heterocycles. The summed E-state index contributed by atoms with van der Waals surface area (Å²) in [5.41, 5.74) is 2.38. The van der Waals surface area contributed by atoms with Crippen molar-refractivity contribution in [3.63, 3.8) is 0 Å². The van der Waals surface area contributed by atoms with Gasteiger partial charge in [-0.05, 0) is 6.92 Å². The third-order valence-corrected chi connectivity index (χ3v) is 2.30. The molecule has 1 atom stereocenters. The number of hydrazine groups is 1. The third kappa shape index (κ3) is 3.63. The number of carbonyl (C=O) groups excluding carboxylic acids is 4. The first-order valence-corrected chi connectivity index (χ1v) is 5.04. The summed E-state index contributed by atoms with van der Waals surface area (Å²) < 4.78 is 0. The number of nitrogens with zero attached hydrogens (tertiary/aromatic N) is 2. The number of amides is 4. The molecule has 0 spiro atoms. The lowest BCUT2D eigenvalue weighted by atomic mass is 10.1. The predicted molar refractivity (Wildman–Crippen MR) is 59.2 cm³/mol. The van der Waals surface area contributed by atoms with Crippen molar-refractivity contribution in [2.75, 3.05) is 14.1 Å². The first-order valence-electron chi connectivity index (χ1n) is 5.04. The van der Waals surface area contributed by atoms with E-state index in [1.807, 2.05) is 0 Å². The molecular formula is C10H17N3O4. The molecule has 0 aromatic carbocycles. The molecule has 17 heavy (non-hydrogen) atoms. The smallest absolute Gasteiger partial charge is 0.256 e. The summed E-state index contributed by atoms with van der Waals surface area (Å²) in [6, 6.07) is 0. The average molecular weight is 243 g/mol. The molecule has 1 unspecified atom stereocenters. The van der Waals surface area contributed by atoms with Gasteiger partial charge in [-0.3, -0.25) is 24.1 Å². The van der Waals surface area contributed by atoms with Crippen LogP contribution in [0.25, 0.3) is 0 Å². The Bertz CT molecular complexity index is 353. The Balaban J connectivity index is 4.87. The average Bonchev–Trinajstić information content (AvgIpc) is 2.26. The van der Waals surface area contributed by atoms with Crippen molar-refractivity contribution in [2.24, 2.45) is 5.92 Å². The van der Waals surface area contributed by atoms with E-state index in [1.165, 1.54) is 34.9 Å². The molecule has 0 aliphatic carbocycles. The highest BCUT2D eigenvalue weighted by atomic mass is 16.2. The maximum Gasteiger partial charge on any atom is 0.256 e. The van der Waals surface area contributed by atoms with Gasteiger partial charge in [-0.2, -0.15) is 0 Å². The monoisotopic (exact) mass is 243 g/mol. The zero-order valence-corrected chi connectivity index (χ0v) is 10.6. The lowest BCUT2D eigenvalue weighted by Gasteiger charge is -2.23. The van der Waals surface area contributed by atoms with E-state index in [0.29, 0.717) is 0 Å². The molecule has 96 valence electrons. The van der Waals surface area contributed by atoms with E-state index in [-0.39, 0.29) is 0 Å². The third-order valence-electron chi connectivity index (χ3n) is 2.30. The minimum atomic E-state index is -1.10. The van der Waals surface area contributed by atoms with Crippen LogP contribution in [0, 0.1) is 5.92 Å². The van der Waals surface area contributed by atoms with Gasteiger partial charge in [0.2, 0.25) is 17.7 Å². The molecule has 0 saturated heterocycles. The molecule has 0 aliphatic rings. The first-order chi connectivity index (χ1) is 7.73. The number of imide groups is 2. The zero-order valence-electron chi connectivity index (χ0n) is 10.6. The fourth-order valence-corrected chi connectivity index (χ4v) is 1.17. The number of hydrogen-bond acceptors (Lipinski definition) is 5. The molecule has 0 aromatic rings. The van der Waals surface area contributed by atoms with Crippen LogP contribution >= 0.6 is 0 Å². The van der Waals surface area contributed by atoms with Gasteiger partial charge in [0, 0.05) is 27.9 Å². The maximum atomic E-state index is 11.8. The van der Waals surface area contributed by atoms with Crippen molar-refractivity contribution in [3.05, 3.63) is 0 Å². The van der Waals surface area contributed by atoms with Crippen LogP contribution in [0.2, 0.25) is 0 Å². The van der Waals surface area contributed by atoms with Gasteiger partial charge < -0.3 is 0 Å². The summed E-state index contributed by atoms with van der Waals surface area (Å²) in [5.74, 6) is -3.43. The number of carbonyl (C=O) groups is 4. The Hall–Kier alpha value is -1.76. The van der Waals surface area contributed by atoms with Crippen molar-refractivity contribution in [3.8, 4) is 0 Å². The van der Waals surface area contributed by atoms with Crippen molar-refractivity contribution in [1.82, 2.24) is 15.3 Å². The lowest BCUT2D eigenvalue weighted by molar-refractivity contribution is -0.154. The van der Waals surface area contributed by atoms with E-state index in [2.05, 4.69) is 5.43 Å². The van der Waals surface area contributed by atoms with Crippen LogP contribution in [-0.4, -0.2) is 47.6 Å². The second kappa shape index (κ2) is 6.09. The van der Waals surface area contributed by atoms with Gasteiger partial charge in [0.25, 0.3) is 5.91 Å². The second-order valence-electron chi connectivity index (χ2n) is 3.55. The fraction of sp³-hybridized carbons (Fsp3) is 0.600. The van der Waals surface area contributed by atoms with Crippen LogP contribution < -0.4 is 5.43 Å². The molecule has 7 heteroatoms. The van der Waals surface area contributed by atoms with Gasteiger partial charge in [0.15, 0.2) is 0 Å². The van der Waals surface area contributed by atoms with Gasteiger partial charge in [-0.1, -0.05) is 0 Å². The first kappa shape index (κ1) is 15.2. The predicted octanol–water partition coefficient (Wildman–Crippen LogP) is -0.863. The Morgan fingerprint density at radius 1 is 1.00 bits per heavy atom. The van der Waals surface area contributed by atoms with Gasteiger partial charge in [0.05, 0.1) is 0 Å². The Kier molecular flexibility index (Phi) is 5.46. The molecule has 0 rings (SSSR count). The molecular weight excluding hydrogens is 226 g/mol. The molecule has 4 amide bonds. The summed E-state index contributed by atoms with van der Waals surface area (Å²) in [5, 5.41) is 0.733. The van der Waals surface area contributed by atoms with Crippen LogP contribution in [0.4, 0.5) is 0 Å². The maximum absolute atomic E-state index is 11.8. The number of nitrogens with one attached hydrogen (secondary N) is 1. The summed E-state index contributed by atoms with van der Waals surface area (Å²) in [6.45, 7) is 3.76. The van der Waals surface area contributed by atoms with Gasteiger partial charge in [-0.25, -0.2) is 10.4 Å². The van der Waals surface area contributed by atoms with Crippen molar-refractivity contribution < 1.29 is 19.2 Å². The number of rotatable bonds is 3. The summed E-state index contributed by atoms with van der Waals surface area (Å²) in [7, 11) is 2.68. The van der Waals surface area contributed by atoms with E-state index < -0.39 is 29.5 Å². The van der Waals surface area contributed by atoms with E-state index in [1.54, 1.807) is 0 Å². The largest absolute Gasteiger partial charge is 0.285 e. The Labute approximate surface area is 99.7 Å². The summed E-state index contributed by atoms with van der Waals surface area (Å²) in [4.78, 5) is 46.4. The minimum absolute atomic E-state index is 0.464. The zero-order chi connectivity index (χ0) is 13.7. The quantitative estimate of drug-likeness (QED) is 0.514. The molecule has 0 saturated carbocycles. The van der Waals surface area contributed by atoms with E-state index in [4.69, 9.17) is 0 Å². The number of hydrogen-bond donors (Lipinski definition) is 1. The van der Waals surface area contributed by atoms with Crippen LogP contribution in [0.3, 0.4) is 0 Å². The van der Waals surface area contributed by atoms with Crippen LogP contribution in [0.1, 0.15) is 20.8 Å². The van der Waals surface area contributed by atoms with E-state index in [0.717, 1.165) is 9.91 Å². The molecule has 1 N–H and O–H groups in total. The van der Waals surface area contributed by atoms with Crippen molar-refractivity contribution in [2.45, 2.75) is 20.8 Å². The van der Waals surface area contributed by atoms with Crippen LogP contribution in [-0.2, 0) is 19.2 Å². The summed E-state index contributed by atoms with van der Waals surface area (Å²) in [6.07, 6.45) is 0. The van der Waals surface area contributed by atoms with Gasteiger partial charge in [0.1, 0.15) is 5.92 Å². The second-order valence-corrected chi connectivity index (χ2v) is 3.55. The van der Waals surface area contributed by atoms with Crippen molar-refractivity contribution in [1.29, 1.82) is 0 Å². The molecule has 7 nitrogen and oxygen atoms in total. The normalized spacial score (nSPS) is 11.6. The molecule has 0 bridgehead atoms.